The van der Waals surface area contributed by atoms with Crippen LogP contribution >= 0.6 is 0 Å². The maximum absolute atomic E-state index is 12.5. The van der Waals surface area contributed by atoms with Crippen LogP contribution in [0.3, 0.4) is 0 Å². The van der Waals surface area contributed by atoms with Gasteiger partial charge >= 0.3 is 5.97 Å². The fourth-order valence-corrected chi connectivity index (χ4v) is 4.13. The Kier molecular flexibility index (Phi) is 6.08. The van der Waals surface area contributed by atoms with Crippen LogP contribution in [0.4, 0.5) is 0 Å². The van der Waals surface area contributed by atoms with Gasteiger partial charge in [-0.3, -0.25) is 4.79 Å². The molecule has 3 rings (SSSR count). The standard InChI is InChI=1S/C19H22N2O5S/c1-15-13-18(20-26-15)14-25-19(22)17-7-10-21(11-8-17)27(23,24)12-9-16-5-3-2-4-6-16/h2-6,9,12-13,17H,7-8,10-11,14H2,1H3/b12-9+. The molecular weight excluding hydrogens is 368 g/mol. The Bertz CT molecular complexity index is 897. The summed E-state index contributed by atoms with van der Waals surface area (Å²) in [6.07, 6.45) is 2.46. The number of aromatic nitrogens is 1. The van der Waals surface area contributed by atoms with Crippen LogP contribution in [0.15, 0.2) is 46.3 Å². The lowest BCUT2D eigenvalue weighted by Crippen LogP contribution is -2.39. The van der Waals surface area contributed by atoms with Crippen molar-refractivity contribution in [2.24, 2.45) is 5.92 Å². The van der Waals surface area contributed by atoms with Gasteiger partial charge in [0.15, 0.2) is 0 Å². The number of nitrogens with zero attached hydrogens (tertiary/aromatic N) is 2. The second-order valence-corrected chi connectivity index (χ2v) is 8.29. The molecule has 1 saturated heterocycles. The number of hydrogen-bond acceptors (Lipinski definition) is 6. The predicted octanol–water partition coefficient (Wildman–Crippen LogP) is 2.74. The zero-order chi connectivity index (χ0) is 19.3. The van der Waals surface area contributed by atoms with Gasteiger partial charge in [-0.2, -0.15) is 4.31 Å². The fourth-order valence-electron chi connectivity index (χ4n) is 2.91. The van der Waals surface area contributed by atoms with E-state index in [1.54, 1.807) is 19.1 Å². The van der Waals surface area contributed by atoms with Crippen molar-refractivity contribution in [1.29, 1.82) is 0 Å². The van der Waals surface area contributed by atoms with E-state index in [0.29, 0.717) is 37.4 Å². The van der Waals surface area contributed by atoms with Gasteiger partial charge < -0.3 is 9.26 Å². The van der Waals surface area contributed by atoms with Gasteiger partial charge in [0.1, 0.15) is 18.1 Å². The number of aryl methyl sites for hydroxylation is 1. The van der Waals surface area contributed by atoms with Crippen LogP contribution in [0.1, 0.15) is 29.9 Å². The van der Waals surface area contributed by atoms with Crippen molar-refractivity contribution in [3.8, 4) is 0 Å². The van der Waals surface area contributed by atoms with Gasteiger partial charge in [0.25, 0.3) is 0 Å². The number of benzene rings is 1. The number of ether oxygens (including phenoxy) is 1. The monoisotopic (exact) mass is 390 g/mol. The van der Waals surface area contributed by atoms with E-state index in [0.717, 1.165) is 5.56 Å². The Morgan fingerprint density at radius 1 is 1.30 bits per heavy atom. The van der Waals surface area contributed by atoms with E-state index >= 15 is 0 Å². The van der Waals surface area contributed by atoms with Crippen LogP contribution in [0, 0.1) is 12.8 Å². The number of sulfonamides is 1. The van der Waals surface area contributed by atoms with Gasteiger partial charge in [0.05, 0.1) is 5.92 Å². The SMILES string of the molecule is Cc1cc(COC(=O)C2CCN(S(=O)(=O)/C=C/c3ccccc3)CC2)no1. The molecule has 1 aliphatic rings. The Morgan fingerprint density at radius 2 is 2.00 bits per heavy atom. The lowest BCUT2D eigenvalue weighted by Gasteiger charge is -2.29. The number of hydrogen-bond donors (Lipinski definition) is 0. The number of carbonyl (C=O) groups excluding carboxylic acids is 1. The van der Waals surface area contributed by atoms with Crippen molar-refractivity contribution < 1.29 is 22.5 Å². The highest BCUT2D eigenvalue weighted by molar-refractivity contribution is 7.92. The van der Waals surface area contributed by atoms with Crippen LogP contribution in [-0.2, 0) is 26.2 Å². The van der Waals surface area contributed by atoms with E-state index in [1.165, 1.54) is 9.71 Å². The summed E-state index contributed by atoms with van der Waals surface area (Å²) >= 11 is 0. The van der Waals surface area contributed by atoms with Gasteiger partial charge in [0, 0.05) is 24.6 Å². The van der Waals surface area contributed by atoms with Crippen LogP contribution < -0.4 is 0 Å². The van der Waals surface area contributed by atoms with E-state index in [2.05, 4.69) is 5.16 Å². The Morgan fingerprint density at radius 3 is 2.63 bits per heavy atom. The zero-order valence-corrected chi connectivity index (χ0v) is 15.9. The van der Waals surface area contributed by atoms with Crippen molar-refractivity contribution in [1.82, 2.24) is 9.46 Å². The largest absolute Gasteiger partial charge is 0.459 e. The summed E-state index contributed by atoms with van der Waals surface area (Å²) in [4.78, 5) is 12.2. The molecule has 0 saturated carbocycles. The van der Waals surface area contributed by atoms with E-state index in [4.69, 9.17) is 9.26 Å². The normalized spacial score (nSPS) is 16.6. The Labute approximate surface area is 158 Å². The maximum Gasteiger partial charge on any atom is 0.309 e. The summed E-state index contributed by atoms with van der Waals surface area (Å²) in [5.74, 6) is 0.0261. The highest BCUT2D eigenvalue weighted by Gasteiger charge is 2.30. The zero-order valence-electron chi connectivity index (χ0n) is 15.1. The molecule has 0 N–H and O–H groups in total. The van der Waals surface area contributed by atoms with Gasteiger partial charge in [-0.05, 0) is 31.4 Å². The number of esters is 1. The third-order valence-corrected chi connectivity index (χ3v) is 5.98. The second kappa shape index (κ2) is 8.49. The average Bonchev–Trinajstić information content (AvgIpc) is 3.11. The lowest BCUT2D eigenvalue weighted by atomic mass is 9.98. The van der Waals surface area contributed by atoms with Crippen LogP contribution in [0.5, 0.6) is 0 Å². The first-order valence-corrected chi connectivity index (χ1v) is 10.3. The van der Waals surface area contributed by atoms with Crippen molar-refractivity contribution >= 4 is 22.1 Å². The first-order chi connectivity index (χ1) is 12.9. The highest BCUT2D eigenvalue weighted by Crippen LogP contribution is 2.22. The minimum Gasteiger partial charge on any atom is -0.459 e. The molecule has 2 aromatic rings. The predicted molar refractivity (Wildman–Crippen MR) is 99.7 cm³/mol. The summed E-state index contributed by atoms with van der Waals surface area (Å²) in [7, 11) is -3.50. The van der Waals surface area contributed by atoms with Crippen molar-refractivity contribution in [3.05, 3.63) is 58.8 Å². The molecule has 1 aromatic carbocycles. The smallest absolute Gasteiger partial charge is 0.309 e. The lowest BCUT2D eigenvalue weighted by molar-refractivity contribution is -0.151. The molecule has 0 spiro atoms. The van der Waals surface area contributed by atoms with Crippen molar-refractivity contribution in [3.63, 3.8) is 0 Å². The molecule has 27 heavy (non-hydrogen) atoms. The Balaban J connectivity index is 1.50. The second-order valence-electron chi connectivity index (χ2n) is 6.47. The van der Waals surface area contributed by atoms with E-state index in [-0.39, 0.29) is 18.5 Å². The van der Waals surface area contributed by atoms with Gasteiger partial charge in [-0.15, -0.1) is 0 Å². The topological polar surface area (TPSA) is 89.7 Å². The van der Waals surface area contributed by atoms with E-state index in [1.807, 2.05) is 30.3 Å². The molecule has 0 unspecified atom stereocenters. The molecule has 144 valence electrons. The highest BCUT2D eigenvalue weighted by atomic mass is 32.2. The minimum atomic E-state index is -3.50. The van der Waals surface area contributed by atoms with Gasteiger partial charge in [0.2, 0.25) is 10.0 Å². The molecule has 1 aliphatic heterocycles. The van der Waals surface area contributed by atoms with E-state index in [9.17, 15) is 13.2 Å². The third kappa shape index (κ3) is 5.27. The molecule has 0 atom stereocenters. The molecule has 1 aromatic heterocycles. The number of rotatable bonds is 6. The molecule has 0 bridgehead atoms. The van der Waals surface area contributed by atoms with Crippen LogP contribution in [0.2, 0.25) is 0 Å². The molecule has 8 heteroatoms. The fraction of sp³-hybridized carbons (Fsp3) is 0.368. The Hall–Kier alpha value is -2.45. The van der Waals surface area contributed by atoms with Crippen LogP contribution in [0.25, 0.3) is 6.08 Å². The summed E-state index contributed by atoms with van der Waals surface area (Å²) in [5, 5.41) is 4.99. The molecule has 0 aliphatic carbocycles. The van der Waals surface area contributed by atoms with Crippen molar-refractivity contribution in [2.75, 3.05) is 13.1 Å². The van der Waals surface area contributed by atoms with Crippen molar-refractivity contribution in [2.45, 2.75) is 26.4 Å². The summed E-state index contributed by atoms with van der Waals surface area (Å²) in [6, 6.07) is 11.0. The quantitative estimate of drug-likeness (QED) is 0.705. The van der Waals surface area contributed by atoms with Gasteiger partial charge in [-0.1, -0.05) is 35.5 Å². The summed E-state index contributed by atoms with van der Waals surface area (Å²) in [6.45, 7) is 2.42. The summed E-state index contributed by atoms with van der Waals surface area (Å²) in [5.41, 5.74) is 1.38. The van der Waals surface area contributed by atoms with Gasteiger partial charge in [-0.25, -0.2) is 8.42 Å². The molecule has 1 fully saturated rings. The van der Waals surface area contributed by atoms with E-state index < -0.39 is 10.0 Å². The average molecular weight is 390 g/mol. The molecule has 0 amide bonds. The number of piperidine rings is 1. The third-order valence-electron chi connectivity index (χ3n) is 4.42. The first kappa shape index (κ1) is 19.3. The summed E-state index contributed by atoms with van der Waals surface area (Å²) < 4.78 is 36.5. The first-order valence-electron chi connectivity index (χ1n) is 8.76. The number of carbonyl (C=O) groups is 1. The van der Waals surface area contributed by atoms with Crippen LogP contribution in [-0.4, -0.2) is 36.9 Å². The minimum absolute atomic E-state index is 0.0640. The molecule has 7 nitrogen and oxygen atoms in total. The molecular formula is C19H22N2O5S. The molecule has 2 heterocycles. The molecule has 0 radical (unpaired) electrons. The maximum atomic E-state index is 12.5.